The number of hydrogen-bond acceptors (Lipinski definition) is 2. The zero-order valence-electron chi connectivity index (χ0n) is 12.5. The highest BCUT2D eigenvalue weighted by molar-refractivity contribution is 5.30. The quantitative estimate of drug-likeness (QED) is 0.899. The molecule has 2 nitrogen and oxygen atoms in total. The topological polar surface area (TPSA) is 23.5 Å². The molecule has 0 bridgehead atoms. The van der Waals surface area contributed by atoms with E-state index in [1.807, 2.05) is 0 Å². The van der Waals surface area contributed by atoms with Crippen molar-refractivity contribution in [3.05, 3.63) is 34.9 Å². The number of aliphatic hydroxyl groups is 1. The van der Waals surface area contributed by atoms with Crippen LogP contribution in [0, 0.1) is 19.8 Å². The first kappa shape index (κ1) is 14.5. The molecule has 106 valence electrons. The fourth-order valence-electron chi connectivity index (χ4n) is 3.14. The molecule has 1 aromatic carbocycles. The molecule has 0 heterocycles. The summed E-state index contributed by atoms with van der Waals surface area (Å²) in [5.74, 6) is 0.547. The Morgan fingerprint density at radius 1 is 1.16 bits per heavy atom. The molecule has 0 aliphatic heterocycles. The lowest BCUT2D eigenvalue weighted by molar-refractivity contribution is 0.124. The van der Waals surface area contributed by atoms with Crippen LogP contribution in [0.15, 0.2) is 18.2 Å². The fourth-order valence-corrected chi connectivity index (χ4v) is 3.14. The van der Waals surface area contributed by atoms with Gasteiger partial charge in [-0.05, 0) is 63.6 Å². The van der Waals surface area contributed by atoms with E-state index in [2.05, 4.69) is 44.0 Å². The van der Waals surface area contributed by atoms with Crippen LogP contribution in [0.25, 0.3) is 0 Å². The van der Waals surface area contributed by atoms with Crippen molar-refractivity contribution in [3.63, 3.8) is 0 Å². The van der Waals surface area contributed by atoms with Crippen LogP contribution < -0.4 is 0 Å². The highest BCUT2D eigenvalue weighted by Crippen LogP contribution is 2.27. The summed E-state index contributed by atoms with van der Waals surface area (Å²) in [7, 11) is 2.24. The number of nitrogens with zero attached hydrogens (tertiary/aromatic N) is 1. The number of hydrogen-bond donors (Lipinski definition) is 1. The van der Waals surface area contributed by atoms with E-state index in [9.17, 15) is 5.11 Å². The van der Waals surface area contributed by atoms with Gasteiger partial charge in [0.15, 0.2) is 0 Å². The van der Waals surface area contributed by atoms with Crippen LogP contribution in [-0.2, 0) is 6.54 Å². The first-order valence-electron chi connectivity index (χ1n) is 7.47. The van der Waals surface area contributed by atoms with Gasteiger partial charge in [0.2, 0.25) is 0 Å². The van der Waals surface area contributed by atoms with E-state index in [1.54, 1.807) is 0 Å². The molecular formula is C17H27NO. The Balaban J connectivity index is 1.94. The number of benzene rings is 1. The van der Waals surface area contributed by atoms with Gasteiger partial charge in [0.1, 0.15) is 0 Å². The Hall–Kier alpha value is -0.860. The van der Waals surface area contributed by atoms with Gasteiger partial charge in [-0.3, -0.25) is 4.90 Å². The van der Waals surface area contributed by atoms with Crippen LogP contribution in [0.5, 0.6) is 0 Å². The van der Waals surface area contributed by atoms with Gasteiger partial charge in [0, 0.05) is 19.2 Å². The van der Waals surface area contributed by atoms with Gasteiger partial charge in [-0.15, -0.1) is 0 Å². The smallest absolute Gasteiger partial charge is 0.0459 e. The molecular weight excluding hydrogens is 234 g/mol. The maximum absolute atomic E-state index is 9.20. The minimum atomic E-state index is 0.368. The van der Waals surface area contributed by atoms with Gasteiger partial charge < -0.3 is 5.11 Å². The Bertz CT molecular complexity index is 408. The van der Waals surface area contributed by atoms with Crippen molar-refractivity contribution >= 4 is 0 Å². The highest BCUT2D eigenvalue weighted by Gasteiger charge is 2.23. The summed E-state index contributed by atoms with van der Waals surface area (Å²) in [6, 6.07) is 7.40. The molecule has 0 amide bonds. The second-order valence-corrected chi connectivity index (χ2v) is 6.20. The van der Waals surface area contributed by atoms with E-state index in [0.717, 1.165) is 6.54 Å². The van der Waals surface area contributed by atoms with Crippen molar-refractivity contribution < 1.29 is 5.11 Å². The predicted molar refractivity (Wildman–Crippen MR) is 80.2 cm³/mol. The molecule has 1 saturated carbocycles. The molecule has 0 spiro atoms. The van der Waals surface area contributed by atoms with Crippen LogP contribution >= 0.6 is 0 Å². The minimum Gasteiger partial charge on any atom is -0.396 e. The van der Waals surface area contributed by atoms with E-state index in [-0.39, 0.29) is 0 Å². The van der Waals surface area contributed by atoms with Crippen molar-refractivity contribution in [1.82, 2.24) is 4.90 Å². The molecule has 1 aliphatic rings. The molecule has 2 heteroatoms. The Morgan fingerprint density at radius 2 is 1.84 bits per heavy atom. The van der Waals surface area contributed by atoms with Gasteiger partial charge in [-0.2, -0.15) is 0 Å². The molecule has 0 radical (unpaired) electrons. The van der Waals surface area contributed by atoms with Crippen LogP contribution in [0.4, 0.5) is 0 Å². The van der Waals surface area contributed by atoms with Crippen LogP contribution in [0.2, 0.25) is 0 Å². The summed E-state index contributed by atoms with van der Waals surface area (Å²) in [5, 5.41) is 9.20. The summed E-state index contributed by atoms with van der Waals surface area (Å²) >= 11 is 0. The number of rotatable bonds is 4. The lowest BCUT2D eigenvalue weighted by Crippen LogP contribution is -2.35. The van der Waals surface area contributed by atoms with Gasteiger partial charge in [0.25, 0.3) is 0 Å². The Labute approximate surface area is 117 Å². The molecule has 1 aliphatic carbocycles. The fraction of sp³-hybridized carbons (Fsp3) is 0.647. The molecule has 0 aromatic heterocycles. The van der Waals surface area contributed by atoms with E-state index in [0.29, 0.717) is 18.6 Å². The van der Waals surface area contributed by atoms with Crippen molar-refractivity contribution in [2.75, 3.05) is 13.7 Å². The standard InChI is InChI=1S/C17H27NO/c1-13-4-5-14(2)16(10-13)11-18(3)17-8-6-15(12-19)7-9-17/h4-5,10,15,17,19H,6-9,11-12H2,1-3H3. The van der Waals surface area contributed by atoms with Crippen LogP contribution in [0.1, 0.15) is 42.4 Å². The Morgan fingerprint density at radius 3 is 2.47 bits per heavy atom. The normalized spacial score (nSPS) is 23.8. The molecule has 1 N–H and O–H groups in total. The minimum absolute atomic E-state index is 0.368. The molecule has 0 saturated heterocycles. The highest BCUT2D eigenvalue weighted by atomic mass is 16.3. The molecule has 19 heavy (non-hydrogen) atoms. The summed E-state index contributed by atoms with van der Waals surface area (Å²) < 4.78 is 0. The van der Waals surface area contributed by atoms with Crippen molar-refractivity contribution in [3.8, 4) is 0 Å². The number of aliphatic hydroxyl groups excluding tert-OH is 1. The summed E-state index contributed by atoms with van der Waals surface area (Å²) in [4.78, 5) is 2.50. The zero-order valence-corrected chi connectivity index (χ0v) is 12.5. The molecule has 1 aromatic rings. The lowest BCUT2D eigenvalue weighted by atomic mass is 9.86. The van der Waals surface area contributed by atoms with E-state index in [4.69, 9.17) is 0 Å². The molecule has 1 fully saturated rings. The van der Waals surface area contributed by atoms with Crippen molar-refractivity contribution in [1.29, 1.82) is 0 Å². The third-order valence-corrected chi connectivity index (χ3v) is 4.62. The zero-order chi connectivity index (χ0) is 13.8. The largest absolute Gasteiger partial charge is 0.396 e. The van der Waals surface area contributed by atoms with E-state index >= 15 is 0 Å². The lowest BCUT2D eigenvalue weighted by Gasteiger charge is -2.34. The summed E-state index contributed by atoms with van der Waals surface area (Å²) in [6.45, 7) is 5.77. The van der Waals surface area contributed by atoms with Gasteiger partial charge in [-0.1, -0.05) is 23.8 Å². The summed E-state index contributed by atoms with van der Waals surface area (Å²) in [5.41, 5.74) is 4.19. The maximum Gasteiger partial charge on any atom is 0.0459 e. The Kier molecular flexibility index (Phi) is 5.00. The number of aryl methyl sites for hydroxylation is 2. The monoisotopic (exact) mass is 261 g/mol. The third kappa shape index (κ3) is 3.80. The second kappa shape index (κ2) is 6.53. The summed E-state index contributed by atoms with van der Waals surface area (Å²) in [6.07, 6.45) is 4.82. The van der Waals surface area contributed by atoms with E-state index in [1.165, 1.54) is 42.4 Å². The average Bonchev–Trinajstić information content (AvgIpc) is 2.43. The van der Waals surface area contributed by atoms with Crippen LogP contribution in [-0.4, -0.2) is 29.7 Å². The maximum atomic E-state index is 9.20. The van der Waals surface area contributed by atoms with E-state index < -0.39 is 0 Å². The van der Waals surface area contributed by atoms with Crippen molar-refractivity contribution in [2.24, 2.45) is 5.92 Å². The van der Waals surface area contributed by atoms with Gasteiger partial charge in [-0.25, -0.2) is 0 Å². The third-order valence-electron chi connectivity index (χ3n) is 4.62. The first-order valence-corrected chi connectivity index (χ1v) is 7.47. The van der Waals surface area contributed by atoms with Crippen molar-refractivity contribution in [2.45, 2.75) is 52.1 Å². The first-order chi connectivity index (χ1) is 9.10. The molecule has 0 unspecified atom stereocenters. The van der Waals surface area contributed by atoms with Gasteiger partial charge >= 0.3 is 0 Å². The van der Waals surface area contributed by atoms with Gasteiger partial charge in [0.05, 0.1) is 0 Å². The molecule has 2 rings (SSSR count). The second-order valence-electron chi connectivity index (χ2n) is 6.20. The molecule has 0 atom stereocenters. The van der Waals surface area contributed by atoms with Crippen LogP contribution in [0.3, 0.4) is 0 Å². The SMILES string of the molecule is Cc1ccc(C)c(CN(C)C2CCC(CO)CC2)c1. The average molecular weight is 261 g/mol. The predicted octanol–water partition coefficient (Wildman–Crippen LogP) is 3.29.